The monoisotopic (exact) mass is 477 g/mol. The van der Waals surface area contributed by atoms with Crippen LogP contribution in [0.4, 0.5) is 0 Å². The van der Waals surface area contributed by atoms with Gasteiger partial charge in [0.15, 0.2) is 18.1 Å². The molecule has 2 aromatic carbocycles. The minimum atomic E-state index is -0.489. The number of halogens is 1. The van der Waals surface area contributed by atoms with Crippen LogP contribution >= 0.6 is 15.9 Å². The highest BCUT2D eigenvalue weighted by molar-refractivity contribution is 9.10. The number of hydrogen-bond donors (Lipinski definition) is 0. The Morgan fingerprint density at radius 3 is 2.23 bits per heavy atom. The number of carbonyl (C=O) groups excluding carboxylic acids is 2. The Hall–Kier alpha value is -2.54. The summed E-state index contributed by atoms with van der Waals surface area (Å²) in [7, 11) is 1.70. The summed E-state index contributed by atoms with van der Waals surface area (Å²) in [5, 5.41) is 0. The molecule has 1 amide bonds. The van der Waals surface area contributed by atoms with Gasteiger partial charge in [0.1, 0.15) is 0 Å². The van der Waals surface area contributed by atoms with E-state index in [1.54, 1.807) is 24.1 Å². The molecular formula is C23H28BrNO5. The summed E-state index contributed by atoms with van der Waals surface area (Å²) in [6, 6.07) is 13.1. The van der Waals surface area contributed by atoms with Crippen LogP contribution in [0.2, 0.25) is 0 Å². The maximum absolute atomic E-state index is 12.4. The molecule has 0 bridgehead atoms. The molecule has 162 valence electrons. The lowest BCUT2D eigenvalue weighted by Crippen LogP contribution is -2.33. The number of benzene rings is 2. The van der Waals surface area contributed by atoms with Crippen LogP contribution < -0.4 is 9.47 Å². The maximum atomic E-state index is 12.4. The first-order valence-corrected chi connectivity index (χ1v) is 10.7. The molecule has 0 fully saturated rings. The van der Waals surface area contributed by atoms with Crippen molar-refractivity contribution in [1.82, 2.24) is 4.90 Å². The van der Waals surface area contributed by atoms with Crippen molar-refractivity contribution in [1.29, 1.82) is 0 Å². The van der Waals surface area contributed by atoms with Crippen molar-refractivity contribution in [3.63, 3.8) is 0 Å². The number of hydrogen-bond acceptors (Lipinski definition) is 5. The van der Waals surface area contributed by atoms with E-state index in [9.17, 15) is 9.59 Å². The van der Waals surface area contributed by atoms with Gasteiger partial charge >= 0.3 is 5.97 Å². The van der Waals surface area contributed by atoms with Crippen molar-refractivity contribution in [3.05, 3.63) is 58.1 Å². The molecule has 1 unspecified atom stereocenters. The highest BCUT2D eigenvalue weighted by atomic mass is 79.9. The molecule has 0 saturated heterocycles. The second-order valence-corrected chi connectivity index (χ2v) is 7.54. The third-order valence-corrected chi connectivity index (χ3v) is 5.40. The minimum Gasteiger partial charge on any atom is -0.490 e. The van der Waals surface area contributed by atoms with Gasteiger partial charge in [-0.2, -0.15) is 0 Å². The van der Waals surface area contributed by atoms with E-state index >= 15 is 0 Å². The maximum Gasteiger partial charge on any atom is 0.310 e. The van der Waals surface area contributed by atoms with Crippen LogP contribution in [0.25, 0.3) is 0 Å². The number of ether oxygens (including phenoxy) is 3. The van der Waals surface area contributed by atoms with Crippen LogP contribution in [0.5, 0.6) is 11.5 Å². The summed E-state index contributed by atoms with van der Waals surface area (Å²) in [6.07, 6.45) is 0.0122. The van der Waals surface area contributed by atoms with Crippen molar-refractivity contribution in [2.75, 3.05) is 26.9 Å². The average molecular weight is 478 g/mol. The van der Waals surface area contributed by atoms with Gasteiger partial charge in [-0.1, -0.05) is 46.3 Å². The average Bonchev–Trinajstić information content (AvgIpc) is 2.75. The molecule has 0 N–H and O–H groups in total. The summed E-state index contributed by atoms with van der Waals surface area (Å²) in [6.45, 7) is 6.38. The van der Waals surface area contributed by atoms with Gasteiger partial charge in [-0.05, 0) is 44.0 Å². The number of nitrogens with zero attached hydrogens (tertiary/aromatic N) is 1. The first kappa shape index (κ1) is 23.7. The Balaban J connectivity index is 1.97. The first-order chi connectivity index (χ1) is 14.4. The molecule has 0 aliphatic rings. The molecule has 6 nitrogen and oxygen atoms in total. The molecule has 2 aromatic rings. The van der Waals surface area contributed by atoms with E-state index in [2.05, 4.69) is 15.9 Å². The second kappa shape index (κ2) is 11.6. The summed E-state index contributed by atoms with van der Waals surface area (Å²) in [4.78, 5) is 26.3. The summed E-state index contributed by atoms with van der Waals surface area (Å²) >= 11 is 3.46. The third-order valence-electron chi connectivity index (χ3n) is 4.66. The summed E-state index contributed by atoms with van der Waals surface area (Å²) in [5.41, 5.74) is 1.71. The molecular weight excluding hydrogens is 450 g/mol. The van der Waals surface area contributed by atoms with Gasteiger partial charge in [0, 0.05) is 11.5 Å². The minimum absolute atomic E-state index is 0.0122. The second-order valence-electron chi connectivity index (χ2n) is 6.69. The molecule has 0 radical (unpaired) electrons. The number of esters is 1. The van der Waals surface area contributed by atoms with E-state index in [1.807, 2.05) is 51.1 Å². The van der Waals surface area contributed by atoms with Gasteiger partial charge in [0.05, 0.1) is 25.7 Å². The molecule has 0 heterocycles. The van der Waals surface area contributed by atoms with E-state index in [0.29, 0.717) is 34.7 Å². The van der Waals surface area contributed by atoms with E-state index < -0.39 is 5.97 Å². The lowest BCUT2D eigenvalue weighted by molar-refractivity contribution is -0.151. The highest BCUT2D eigenvalue weighted by Gasteiger charge is 2.20. The van der Waals surface area contributed by atoms with Gasteiger partial charge < -0.3 is 19.1 Å². The third kappa shape index (κ3) is 6.49. The molecule has 2 rings (SSSR count). The van der Waals surface area contributed by atoms with E-state index in [0.717, 1.165) is 5.56 Å². The van der Waals surface area contributed by atoms with Crippen LogP contribution in [0.15, 0.2) is 46.9 Å². The van der Waals surface area contributed by atoms with Crippen molar-refractivity contribution in [3.8, 4) is 11.5 Å². The van der Waals surface area contributed by atoms with Crippen molar-refractivity contribution in [2.45, 2.75) is 33.2 Å². The fraction of sp³-hybridized carbons (Fsp3) is 0.391. The van der Waals surface area contributed by atoms with Gasteiger partial charge in [-0.15, -0.1) is 0 Å². The van der Waals surface area contributed by atoms with Crippen LogP contribution in [-0.4, -0.2) is 43.6 Å². The largest absolute Gasteiger partial charge is 0.490 e. The molecule has 1 atom stereocenters. The normalized spacial score (nSPS) is 11.5. The number of amides is 1. The zero-order valence-electron chi connectivity index (χ0n) is 17.8. The lowest BCUT2D eigenvalue weighted by Gasteiger charge is -2.25. The van der Waals surface area contributed by atoms with Crippen LogP contribution in [0.3, 0.4) is 0 Å². The fourth-order valence-electron chi connectivity index (χ4n) is 2.87. The predicted molar refractivity (Wildman–Crippen MR) is 119 cm³/mol. The molecule has 0 spiro atoms. The Kier molecular flexibility index (Phi) is 9.17. The number of rotatable bonds is 10. The fourth-order valence-corrected chi connectivity index (χ4v) is 3.33. The van der Waals surface area contributed by atoms with Crippen LogP contribution in [0, 0.1) is 0 Å². The van der Waals surface area contributed by atoms with Gasteiger partial charge in [0.25, 0.3) is 5.91 Å². The van der Waals surface area contributed by atoms with Gasteiger partial charge in [-0.25, -0.2) is 0 Å². The standard InChI is InChI=1S/C23H28BrNO5/c1-5-28-20-12-18(19(24)14-21(20)29-6-2)13-23(27)30-15-22(26)25(4)16(3)17-10-8-7-9-11-17/h7-12,14,16H,5-6,13,15H2,1-4H3. The predicted octanol–water partition coefficient (Wildman–Crippen LogP) is 4.55. The van der Waals surface area contributed by atoms with Crippen molar-refractivity contribution >= 4 is 27.8 Å². The van der Waals surface area contributed by atoms with Crippen molar-refractivity contribution < 1.29 is 23.8 Å². The molecule has 0 aliphatic heterocycles. The van der Waals surface area contributed by atoms with Crippen LogP contribution in [-0.2, 0) is 20.7 Å². The molecule has 7 heteroatoms. The van der Waals surface area contributed by atoms with Crippen LogP contribution in [0.1, 0.15) is 37.9 Å². The Labute approximate surface area is 186 Å². The van der Waals surface area contributed by atoms with E-state index in [4.69, 9.17) is 14.2 Å². The van der Waals surface area contributed by atoms with Gasteiger partial charge in [0.2, 0.25) is 0 Å². The lowest BCUT2D eigenvalue weighted by atomic mass is 10.1. The number of likely N-dealkylation sites (N-methyl/N-ethyl adjacent to an activating group) is 1. The van der Waals surface area contributed by atoms with E-state index in [1.165, 1.54) is 0 Å². The summed E-state index contributed by atoms with van der Waals surface area (Å²) in [5.74, 6) is 0.421. The van der Waals surface area contributed by atoms with E-state index in [-0.39, 0.29) is 25.0 Å². The Morgan fingerprint density at radius 2 is 1.63 bits per heavy atom. The van der Waals surface area contributed by atoms with Crippen molar-refractivity contribution in [2.24, 2.45) is 0 Å². The molecule has 0 aliphatic carbocycles. The molecule has 0 aromatic heterocycles. The first-order valence-electron chi connectivity index (χ1n) is 9.91. The topological polar surface area (TPSA) is 65.1 Å². The zero-order chi connectivity index (χ0) is 22.1. The van der Waals surface area contributed by atoms with Gasteiger partial charge in [-0.3, -0.25) is 9.59 Å². The highest BCUT2D eigenvalue weighted by Crippen LogP contribution is 2.34. The Bertz CT molecular complexity index is 856. The SMILES string of the molecule is CCOc1cc(Br)c(CC(=O)OCC(=O)N(C)C(C)c2ccccc2)cc1OCC. The molecule has 0 saturated carbocycles. The smallest absolute Gasteiger partial charge is 0.310 e. The Morgan fingerprint density at radius 1 is 1.03 bits per heavy atom. The number of carbonyl (C=O) groups is 2. The summed E-state index contributed by atoms with van der Waals surface area (Å²) < 4.78 is 17.1. The zero-order valence-corrected chi connectivity index (χ0v) is 19.4. The molecule has 30 heavy (non-hydrogen) atoms. The quantitative estimate of drug-likeness (QED) is 0.469.